The Labute approximate surface area is 394 Å². The minimum absolute atomic E-state index is 0.0262. The number of carbonyl (C=O) groups is 6. The van der Waals surface area contributed by atoms with Crippen molar-refractivity contribution < 1.29 is 28.8 Å². The molecule has 324 valence electrons. The van der Waals surface area contributed by atoms with Crippen molar-refractivity contribution in [3.8, 4) is 0 Å². The average molecular weight is 1020 g/mol. The van der Waals surface area contributed by atoms with Crippen LogP contribution in [0.1, 0.15) is 119 Å². The number of carbonyl (C=O) groups excluding carboxylic acids is 6. The molecule has 2 heterocycles. The predicted molar refractivity (Wildman–Crippen MR) is 261 cm³/mol. The van der Waals surface area contributed by atoms with E-state index in [0.717, 1.165) is 34.7 Å². The molecule has 6 aromatic rings. The fourth-order valence-corrected chi connectivity index (χ4v) is 13.5. The molecule has 64 heavy (non-hydrogen) atoms. The van der Waals surface area contributed by atoms with E-state index < -0.39 is 53.5 Å². The minimum atomic E-state index is -0.545. The number of rotatable bonds is 10. The molecule has 0 spiro atoms. The molecule has 0 bridgehead atoms. The van der Waals surface area contributed by atoms with E-state index in [1.165, 1.54) is 34.8 Å². The van der Waals surface area contributed by atoms with Crippen LogP contribution in [0.2, 0.25) is 0 Å². The number of imide groups is 2. The first kappa shape index (κ1) is 45.5. The summed E-state index contributed by atoms with van der Waals surface area (Å²) >= 11 is 1.33. The number of nitrogens with zero attached hydrogens (tertiary/aromatic N) is 2. The second kappa shape index (κ2) is 17.7. The van der Waals surface area contributed by atoms with Crippen LogP contribution in [0.4, 0.5) is 11.4 Å². The van der Waals surface area contributed by atoms with Gasteiger partial charge in [-0.1, -0.05) is 0 Å². The summed E-state index contributed by atoms with van der Waals surface area (Å²) in [5.41, 5.74) is 6.38. The summed E-state index contributed by atoms with van der Waals surface area (Å²) < 4.78 is 1.31. The van der Waals surface area contributed by atoms with Crippen LogP contribution in [0.5, 0.6) is 0 Å². The van der Waals surface area contributed by atoms with E-state index in [1.54, 1.807) is 60.7 Å². The van der Waals surface area contributed by atoms with Crippen molar-refractivity contribution in [2.75, 3.05) is 9.80 Å². The first-order valence-corrected chi connectivity index (χ1v) is 26.5. The molecule has 0 N–H and O–H groups in total. The van der Waals surface area contributed by atoms with E-state index in [4.69, 9.17) is 0 Å². The second-order valence-corrected chi connectivity index (χ2v) is 24.7. The molecule has 2 aliphatic heterocycles. The van der Waals surface area contributed by atoms with Gasteiger partial charge < -0.3 is 0 Å². The molecule has 0 radical (unpaired) electrons. The molecule has 0 aliphatic carbocycles. The molecule has 8 rings (SSSR count). The van der Waals surface area contributed by atoms with Crippen molar-refractivity contribution >= 4 is 118 Å². The molecular formula is C52H46N2O6S2Se2. The first-order valence-electron chi connectivity index (χ1n) is 20.8. The standard InChI is InChI=1S/C52H46N2O6S2Se2/c1-29(55)61-37-21-17-35(18-22-37)53-47(57)39-25-42(64-28-32-11-15-34(16-12-32)52(6,7)8)46-44-40(48(58)54(50(46)60)36-19-23-38(24-20-36)62-30(2)56)26-41(45(43(39)44)49(53)59)63-27-31-9-13-33(14-10-31)51(3,4)5/h9-26H,27-28H2,1-8H3. The normalized spacial score (nSPS) is 13.9. The third kappa shape index (κ3) is 8.97. The molecule has 0 unspecified atom stereocenters. The van der Waals surface area contributed by atoms with Gasteiger partial charge >= 0.3 is 397 Å². The van der Waals surface area contributed by atoms with Crippen LogP contribution >= 0.6 is 23.5 Å². The van der Waals surface area contributed by atoms with E-state index >= 15 is 9.59 Å². The maximum atomic E-state index is 15.1. The molecule has 2 aliphatic rings. The molecule has 4 amide bonds. The Kier molecular flexibility index (Phi) is 12.6. The van der Waals surface area contributed by atoms with Gasteiger partial charge in [0.2, 0.25) is 0 Å². The van der Waals surface area contributed by atoms with Crippen molar-refractivity contribution in [3.63, 3.8) is 0 Å². The van der Waals surface area contributed by atoms with Crippen LogP contribution in [0, 0.1) is 0 Å². The third-order valence-corrected chi connectivity index (χ3v) is 17.4. The summed E-state index contributed by atoms with van der Waals surface area (Å²) in [6.45, 7) is 16.0. The van der Waals surface area contributed by atoms with E-state index in [0.29, 0.717) is 62.6 Å². The molecule has 0 saturated heterocycles. The molecular weight excluding hydrogens is 971 g/mol. The van der Waals surface area contributed by atoms with Crippen LogP contribution in [0.25, 0.3) is 10.8 Å². The van der Waals surface area contributed by atoms with Gasteiger partial charge in [0.05, 0.1) is 0 Å². The Hall–Kier alpha value is -5.06. The molecule has 0 saturated carbocycles. The van der Waals surface area contributed by atoms with Crippen molar-refractivity contribution in [2.45, 2.75) is 86.6 Å². The van der Waals surface area contributed by atoms with Crippen LogP contribution in [0.3, 0.4) is 0 Å². The van der Waals surface area contributed by atoms with Gasteiger partial charge in [0, 0.05) is 0 Å². The second-order valence-electron chi connectivity index (χ2n) is 17.9. The summed E-state index contributed by atoms with van der Waals surface area (Å²) in [6, 6.07) is 34.1. The third-order valence-electron chi connectivity index (χ3n) is 11.2. The van der Waals surface area contributed by atoms with Crippen molar-refractivity contribution in [1.82, 2.24) is 0 Å². The quantitative estimate of drug-likeness (QED) is 0.0760. The summed E-state index contributed by atoms with van der Waals surface area (Å²) in [7, 11) is 0. The van der Waals surface area contributed by atoms with E-state index in [2.05, 4.69) is 90.1 Å². The van der Waals surface area contributed by atoms with Gasteiger partial charge in [-0.25, -0.2) is 0 Å². The Morgan fingerprint density at radius 3 is 1.11 bits per heavy atom. The molecule has 6 aromatic carbocycles. The Balaban J connectivity index is 1.32. The van der Waals surface area contributed by atoms with E-state index in [9.17, 15) is 19.2 Å². The molecule has 12 heteroatoms. The molecule has 8 nitrogen and oxygen atoms in total. The number of hydrogen-bond donors (Lipinski definition) is 0. The van der Waals surface area contributed by atoms with Crippen molar-refractivity contribution in [3.05, 3.63) is 154 Å². The van der Waals surface area contributed by atoms with Gasteiger partial charge in [0.1, 0.15) is 0 Å². The Bertz CT molecular complexity index is 2720. The first-order chi connectivity index (χ1) is 30.3. The van der Waals surface area contributed by atoms with Crippen LogP contribution < -0.4 is 18.7 Å². The van der Waals surface area contributed by atoms with Gasteiger partial charge in [0.15, 0.2) is 0 Å². The fraction of sp³-hybridized carbons (Fsp3) is 0.231. The molecule has 0 atom stereocenters. The maximum absolute atomic E-state index is 15.1. The number of benzene rings is 6. The molecule has 0 fully saturated rings. The zero-order chi connectivity index (χ0) is 45.8. The van der Waals surface area contributed by atoms with Gasteiger partial charge in [-0.15, -0.1) is 0 Å². The number of anilines is 2. The van der Waals surface area contributed by atoms with Crippen molar-refractivity contribution in [2.24, 2.45) is 0 Å². The number of amides is 4. The number of hydrogen-bond acceptors (Lipinski definition) is 8. The van der Waals surface area contributed by atoms with Gasteiger partial charge in [-0.05, 0) is 0 Å². The average Bonchev–Trinajstić information content (AvgIpc) is 3.23. The van der Waals surface area contributed by atoms with Gasteiger partial charge in [-0.2, -0.15) is 0 Å². The van der Waals surface area contributed by atoms with Crippen molar-refractivity contribution in [1.29, 1.82) is 0 Å². The van der Waals surface area contributed by atoms with Gasteiger partial charge in [0.25, 0.3) is 0 Å². The summed E-state index contributed by atoms with van der Waals surface area (Å²) in [6.07, 6.45) is 0. The van der Waals surface area contributed by atoms with Crippen LogP contribution in [-0.2, 0) is 31.1 Å². The Morgan fingerprint density at radius 1 is 0.484 bits per heavy atom. The van der Waals surface area contributed by atoms with Gasteiger partial charge in [-0.3, -0.25) is 0 Å². The van der Waals surface area contributed by atoms with Crippen LogP contribution in [-0.4, -0.2) is 63.8 Å². The topological polar surface area (TPSA) is 109 Å². The zero-order valence-electron chi connectivity index (χ0n) is 36.8. The molecule has 0 aromatic heterocycles. The zero-order valence-corrected chi connectivity index (χ0v) is 41.8. The fourth-order valence-electron chi connectivity index (χ4n) is 7.88. The van der Waals surface area contributed by atoms with E-state index in [1.807, 2.05) is 0 Å². The van der Waals surface area contributed by atoms with Crippen LogP contribution in [0.15, 0.2) is 119 Å². The Morgan fingerprint density at radius 2 is 0.812 bits per heavy atom. The monoisotopic (exact) mass is 1020 g/mol. The SMILES string of the molecule is CC(=O)Sc1ccc(N2C(=O)c3cc([Se]Cc4ccc(C(C)(C)C)cc4)c4c5c(cc([Se]Cc6ccc(C(C)(C)C)cc6)c(c35)C2=O)C(=O)N(c2ccc(SC(C)=O)cc2)C4=O)cc1. The van der Waals surface area contributed by atoms with E-state index in [-0.39, 0.29) is 32.2 Å². The predicted octanol–water partition coefficient (Wildman–Crippen LogP) is 9.37. The summed E-state index contributed by atoms with van der Waals surface area (Å²) in [5.74, 6) is -2.14. The number of thioether (sulfide) groups is 2. The summed E-state index contributed by atoms with van der Waals surface area (Å²) in [5, 5.41) is 1.72. The summed E-state index contributed by atoms with van der Waals surface area (Å²) in [4.78, 5) is 87.7.